The quantitative estimate of drug-likeness (QED) is 0.341. The van der Waals surface area contributed by atoms with Crippen molar-refractivity contribution in [3.05, 3.63) is 74.6 Å². The third kappa shape index (κ3) is 3.71. The van der Waals surface area contributed by atoms with E-state index in [1.165, 1.54) is 24.3 Å². The molecule has 0 aliphatic rings. The number of benzene rings is 2. The van der Waals surface area contributed by atoms with Gasteiger partial charge in [0, 0.05) is 11.8 Å². The van der Waals surface area contributed by atoms with Gasteiger partial charge in [-0.25, -0.2) is 9.59 Å². The Morgan fingerprint density at radius 2 is 1.85 bits per heavy atom. The molecule has 9 heteroatoms. The van der Waals surface area contributed by atoms with E-state index in [2.05, 4.69) is 5.32 Å². The predicted octanol–water partition coefficient (Wildman–Crippen LogP) is 2.51. The van der Waals surface area contributed by atoms with Crippen molar-refractivity contribution in [2.75, 3.05) is 5.32 Å². The van der Waals surface area contributed by atoms with E-state index in [4.69, 9.17) is 4.42 Å². The summed E-state index contributed by atoms with van der Waals surface area (Å²) in [5.41, 5.74) is -1.55. The monoisotopic (exact) mass is 370 g/mol. The number of nitro groups is 1. The summed E-state index contributed by atoms with van der Waals surface area (Å²) in [7, 11) is 0. The second kappa shape index (κ2) is 7.16. The summed E-state index contributed by atoms with van der Waals surface area (Å²) in [6.45, 7) is 0. The van der Waals surface area contributed by atoms with E-state index in [0.717, 1.165) is 0 Å². The van der Waals surface area contributed by atoms with Gasteiger partial charge in [-0.2, -0.15) is 0 Å². The first-order valence-electron chi connectivity index (χ1n) is 7.84. The molecule has 0 bridgehead atoms. The van der Waals surface area contributed by atoms with Crippen molar-refractivity contribution < 1.29 is 24.3 Å². The van der Waals surface area contributed by atoms with Crippen molar-refractivity contribution in [3.8, 4) is 5.75 Å². The first-order valence-corrected chi connectivity index (χ1v) is 7.84. The van der Waals surface area contributed by atoms with Crippen LogP contribution in [0.25, 0.3) is 11.0 Å². The van der Waals surface area contributed by atoms with Gasteiger partial charge in [-0.05, 0) is 29.8 Å². The second-order valence-electron chi connectivity index (χ2n) is 5.77. The van der Waals surface area contributed by atoms with Crippen molar-refractivity contribution >= 4 is 28.3 Å². The van der Waals surface area contributed by atoms with Crippen molar-refractivity contribution in [2.45, 2.75) is 12.5 Å². The first-order chi connectivity index (χ1) is 12.9. The topological polar surface area (TPSA) is 143 Å². The van der Waals surface area contributed by atoms with Gasteiger partial charge in [-0.1, -0.05) is 24.3 Å². The van der Waals surface area contributed by atoms with E-state index in [9.17, 15) is 29.9 Å². The van der Waals surface area contributed by atoms with E-state index in [-0.39, 0.29) is 28.8 Å². The van der Waals surface area contributed by atoms with E-state index < -0.39 is 28.2 Å². The SMILES string of the molecule is O=C(O)C(Cc1ccc(O)cc1)Nc1c([N+](=O)[O-])c(=O)oc2ccccc12. The number of nitrogens with one attached hydrogen (secondary N) is 1. The number of carboxylic acids is 1. The van der Waals surface area contributed by atoms with E-state index in [1.54, 1.807) is 24.3 Å². The summed E-state index contributed by atoms with van der Waals surface area (Å²) in [6, 6.07) is 10.8. The molecule has 138 valence electrons. The van der Waals surface area contributed by atoms with Gasteiger partial charge < -0.3 is 19.9 Å². The van der Waals surface area contributed by atoms with Crippen LogP contribution in [0.2, 0.25) is 0 Å². The van der Waals surface area contributed by atoms with Crippen LogP contribution in [0, 0.1) is 10.1 Å². The highest BCUT2D eigenvalue weighted by Gasteiger charge is 2.28. The number of rotatable bonds is 6. The lowest BCUT2D eigenvalue weighted by molar-refractivity contribution is -0.386. The summed E-state index contributed by atoms with van der Waals surface area (Å²) < 4.78 is 4.96. The fraction of sp³-hybridized carbons (Fsp3) is 0.111. The van der Waals surface area contributed by atoms with Gasteiger partial charge in [0.15, 0.2) is 0 Å². The van der Waals surface area contributed by atoms with Crippen molar-refractivity contribution in [1.82, 2.24) is 0 Å². The smallest absolute Gasteiger partial charge is 0.417 e. The highest BCUT2D eigenvalue weighted by atomic mass is 16.6. The molecule has 0 aliphatic heterocycles. The molecule has 27 heavy (non-hydrogen) atoms. The van der Waals surface area contributed by atoms with Gasteiger partial charge in [0.25, 0.3) is 0 Å². The summed E-state index contributed by atoms with van der Waals surface area (Å²) in [5, 5.41) is 33.1. The first kappa shape index (κ1) is 17.9. The lowest BCUT2D eigenvalue weighted by Crippen LogP contribution is -2.32. The van der Waals surface area contributed by atoms with Gasteiger partial charge in [-0.3, -0.25) is 10.1 Å². The molecule has 1 unspecified atom stereocenters. The Balaban J connectivity index is 2.08. The largest absolute Gasteiger partial charge is 0.508 e. The number of para-hydroxylation sites is 1. The van der Waals surface area contributed by atoms with E-state index >= 15 is 0 Å². The number of carbonyl (C=O) groups is 1. The summed E-state index contributed by atoms with van der Waals surface area (Å²) >= 11 is 0. The molecule has 0 fully saturated rings. The summed E-state index contributed by atoms with van der Waals surface area (Å²) in [6.07, 6.45) is -0.0265. The van der Waals surface area contributed by atoms with Crippen LogP contribution < -0.4 is 10.9 Å². The molecule has 3 N–H and O–H groups in total. The number of phenolic OH excluding ortho intramolecular Hbond substituents is 1. The molecule has 0 saturated heterocycles. The number of fused-ring (bicyclic) bond motifs is 1. The molecule has 2 aromatic carbocycles. The molecule has 1 heterocycles. The van der Waals surface area contributed by atoms with Gasteiger partial charge in [-0.15, -0.1) is 0 Å². The normalized spacial score (nSPS) is 11.9. The zero-order chi connectivity index (χ0) is 19.6. The molecule has 3 rings (SSSR count). The molecular weight excluding hydrogens is 356 g/mol. The minimum atomic E-state index is -1.25. The molecule has 0 spiro atoms. The number of phenols is 1. The van der Waals surface area contributed by atoms with Crippen molar-refractivity contribution in [2.24, 2.45) is 0 Å². The van der Waals surface area contributed by atoms with E-state index in [1.807, 2.05) is 0 Å². The Bertz CT molecular complexity index is 1070. The Morgan fingerprint density at radius 3 is 2.48 bits per heavy atom. The standard InChI is InChI=1S/C18H14N2O7/c21-11-7-5-10(6-8-11)9-13(17(22)23)19-15-12-3-1-2-4-14(12)27-18(24)16(15)20(25)26/h1-8,13,19,21H,9H2,(H,22,23). The highest BCUT2D eigenvalue weighted by molar-refractivity contribution is 5.96. The molecule has 1 aromatic heterocycles. The highest BCUT2D eigenvalue weighted by Crippen LogP contribution is 2.31. The maximum Gasteiger partial charge on any atom is 0.417 e. The van der Waals surface area contributed by atoms with Gasteiger partial charge in [0.1, 0.15) is 23.1 Å². The van der Waals surface area contributed by atoms with Crippen LogP contribution >= 0.6 is 0 Å². The fourth-order valence-electron chi connectivity index (χ4n) is 2.69. The summed E-state index contributed by atoms with van der Waals surface area (Å²) in [4.78, 5) is 34.2. The van der Waals surface area contributed by atoms with Crippen LogP contribution in [0.5, 0.6) is 5.75 Å². The second-order valence-corrected chi connectivity index (χ2v) is 5.77. The molecule has 3 aromatic rings. The molecule has 1 atom stereocenters. The van der Waals surface area contributed by atoms with Crippen LogP contribution in [0.15, 0.2) is 57.7 Å². The molecule has 9 nitrogen and oxygen atoms in total. The maximum atomic E-state index is 12.0. The minimum Gasteiger partial charge on any atom is -0.508 e. The Hall–Kier alpha value is -3.88. The maximum absolute atomic E-state index is 12.0. The number of aromatic hydroxyl groups is 1. The Labute approximate surface area is 151 Å². The third-order valence-corrected chi connectivity index (χ3v) is 3.96. The number of aliphatic carboxylic acids is 1. The van der Waals surface area contributed by atoms with Gasteiger partial charge in [0.05, 0.1) is 4.92 Å². The predicted molar refractivity (Wildman–Crippen MR) is 96.0 cm³/mol. The Kier molecular flexibility index (Phi) is 4.75. The number of hydrogen-bond donors (Lipinski definition) is 3. The Morgan fingerprint density at radius 1 is 1.19 bits per heavy atom. The average Bonchev–Trinajstić information content (AvgIpc) is 2.62. The van der Waals surface area contributed by atoms with Crippen LogP contribution in [0.4, 0.5) is 11.4 Å². The van der Waals surface area contributed by atoms with Crippen LogP contribution in [-0.4, -0.2) is 27.1 Å². The van der Waals surface area contributed by atoms with E-state index in [0.29, 0.717) is 5.56 Å². The number of hydrogen-bond acceptors (Lipinski definition) is 7. The van der Waals surface area contributed by atoms with Crippen LogP contribution in [-0.2, 0) is 11.2 Å². The minimum absolute atomic E-state index is 0.0265. The van der Waals surface area contributed by atoms with Crippen LogP contribution in [0.1, 0.15) is 5.56 Å². The van der Waals surface area contributed by atoms with Crippen LogP contribution in [0.3, 0.4) is 0 Å². The van der Waals surface area contributed by atoms with Gasteiger partial charge >= 0.3 is 17.3 Å². The summed E-state index contributed by atoms with van der Waals surface area (Å²) in [5.74, 6) is -1.23. The number of carboxylic acid groups (broad SMARTS) is 1. The fourth-order valence-corrected chi connectivity index (χ4v) is 2.69. The van der Waals surface area contributed by atoms with Gasteiger partial charge in [0.2, 0.25) is 0 Å². The lowest BCUT2D eigenvalue weighted by atomic mass is 10.0. The zero-order valence-electron chi connectivity index (χ0n) is 13.8. The molecule has 0 aliphatic carbocycles. The lowest BCUT2D eigenvalue weighted by Gasteiger charge is -2.17. The molecule has 0 radical (unpaired) electrons. The molecule has 0 saturated carbocycles. The van der Waals surface area contributed by atoms with Crippen molar-refractivity contribution in [3.63, 3.8) is 0 Å². The average molecular weight is 370 g/mol. The third-order valence-electron chi connectivity index (χ3n) is 3.96. The molecule has 0 amide bonds. The number of anilines is 1. The molecular formula is C18H14N2O7. The van der Waals surface area contributed by atoms with Crippen molar-refractivity contribution in [1.29, 1.82) is 0 Å². The zero-order valence-corrected chi connectivity index (χ0v) is 13.8. The number of nitrogens with zero attached hydrogens (tertiary/aromatic N) is 1.